The van der Waals surface area contributed by atoms with Crippen molar-refractivity contribution in [3.63, 3.8) is 0 Å². The van der Waals surface area contributed by atoms with Crippen molar-refractivity contribution < 1.29 is 21.5 Å². The number of unbranched alkanes of at least 4 members (excludes halogenated alkanes) is 1. The highest BCUT2D eigenvalue weighted by Gasteiger charge is 2.08. The molecule has 0 amide bonds. The van der Waals surface area contributed by atoms with Crippen LogP contribution in [0.1, 0.15) is 26.7 Å². The summed E-state index contributed by atoms with van der Waals surface area (Å²) in [7, 11) is 4.57. The van der Waals surface area contributed by atoms with E-state index in [0.717, 1.165) is 0 Å². The number of hydrogen-bond donors (Lipinski definition) is 0. The zero-order chi connectivity index (χ0) is 7.33. The molecule has 0 radical (unpaired) electrons. The van der Waals surface area contributed by atoms with E-state index in [1.54, 1.807) is 0 Å². The SMILES string of the molecule is CCCC[N+](C)(C)CC.[Br-]. The molecule has 0 aromatic heterocycles. The van der Waals surface area contributed by atoms with Crippen LogP contribution in [0.25, 0.3) is 0 Å². The average molecular weight is 210 g/mol. The van der Waals surface area contributed by atoms with E-state index in [4.69, 9.17) is 0 Å². The third-order valence-corrected chi connectivity index (χ3v) is 1.97. The predicted molar refractivity (Wildman–Crippen MR) is 42.4 cm³/mol. The zero-order valence-electron chi connectivity index (χ0n) is 7.65. The Morgan fingerprint density at radius 3 is 1.90 bits per heavy atom. The molecule has 0 saturated heterocycles. The first kappa shape index (κ1) is 13.1. The van der Waals surface area contributed by atoms with E-state index in [2.05, 4.69) is 27.9 Å². The third kappa shape index (κ3) is 6.56. The molecule has 10 heavy (non-hydrogen) atoms. The summed E-state index contributed by atoms with van der Waals surface area (Å²) >= 11 is 0. The van der Waals surface area contributed by atoms with Crippen LogP contribution in [0, 0.1) is 0 Å². The lowest BCUT2D eigenvalue weighted by molar-refractivity contribution is -0.888. The summed E-state index contributed by atoms with van der Waals surface area (Å²) in [5.74, 6) is 0. The summed E-state index contributed by atoms with van der Waals surface area (Å²) in [6, 6.07) is 0. The van der Waals surface area contributed by atoms with Gasteiger partial charge in [0.15, 0.2) is 0 Å². The van der Waals surface area contributed by atoms with Crippen LogP contribution in [-0.4, -0.2) is 31.7 Å². The fraction of sp³-hybridized carbons (Fsp3) is 1.00. The smallest absolute Gasteiger partial charge is 0.0782 e. The Morgan fingerprint density at radius 2 is 1.60 bits per heavy atom. The standard InChI is InChI=1S/C8H20N.BrH/c1-5-7-8-9(3,4)6-2;/h5-8H2,1-4H3;1H/q+1;/p-1. The number of rotatable bonds is 4. The van der Waals surface area contributed by atoms with Crippen LogP contribution in [0.5, 0.6) is 0 Å². The van der Waals surface area contributed by atoms with E-state index in [9.17, 15) is 0 Å². The second kappa shape index (κ2) is 6.17. The van der Waals surface area contributed by atoms with Crippen molar-refractivity contribution in [2.75, 3.05) is 27.2 Å². The molecule has 0 heterocycles. The Kier molecular flexibility index (Phi) is 8.06. The van der Waals surface area contributed by atoms with Gasteiger partial charge in [-0.05, 0) is 13.3 Å². The molecule has 0 atom stereocenters. The molecule has 0 aliphatic heterocycles. The predicted octanol–water partition coefficient (Wildman–Crippen LogP) is -1.11. The van der Waals surface area contributed by atoms with Crippen LogP contribution in [0.15, 0.2) is 0 Å². The van der Waals surface area contributed by atoms with Crippen LogP contribution < -0.4 is 17.0 Å². The summed E-state index contributed by atoms with van der Waals surface area (Å²) in [6.07, 6.45) is 2.68. The summed E-state index contributed by atoms with van der Waals surface area (Å²) in [4.78, 5) is 0. The lowest BCUT2D eigenvalue weighted by atomic mass is 10.3. The van der Waals surface area contributed by atoms with Gasteiger partial charge in [0.2, 0.25) is 0 Å². The maximum absolute atomic E-state index is 2.29. The quantitative estimate of drug-likeness (QED) is 0.516. The van der Waals surface area contributed by atoms with Gasteiger partial charge in [-0.2, -0.15) is 0 Å². The van der Waals surface area contributed by atoms with Crippen molar-refractivity contribution in [2.24, 2.45) is 0 Å². The third-order valence-electron chi connectivity index (χ3n) is 1.97. The van der Waals surface area contributed by atoms with Gasteiger partial charge >= 0.3 is 0 Å². The van der Waals surface area contributed by atoms with Crippen molar-refractivity contribution in [3.8, 4) is 0 Å². The maximum atomic E-state index is 2.29. The highest BCUT2D eigenvalue weighted by Crippen LogP contribution is 1.99. The van der Waals surface area contributed by atoms with Crippen molar-refractivity contribution in [2.45, 2.75) is 26.7 Å². The van der Waals surface area contributed by atoms with Crippen molar-refractivity contribution in [1.29, 1.82) is 0 Å². The van der Waals surface area contributed by atoms with Gasteiger partial charge in [-0.15, -0.1) is 0 Å². The lowest BCUT2D eigenvalue weighted by Gasteiger charge is -2.27. The molecular weight excluding hydrogens is 190 g/mol. The normalized spacial score (nSPS) is 10.8. The van der Waals surface area contributed by atoms with E-state index >= 15 is 0 Å². The van der Waals surface area contributed by atoms with Crippen LogP contribution in [0.3, 0.4) is 0 Å². The molecule has 0 unspecified atom stereocenters. The minimum absolute atomic E-state index is 0. The molecule has 0 aromatic carbocycles. The number of hydrogen-bond acceptors (Lipinski definition) is 0. The highest BCUT2D eigenvalue weighted by molar-refractivity contribution is 4.31. The minimum Gasteiger partial charge on any atom is -1.00 e. The van der Waals surface area contributed by atoms with Gasteiger partial charge in [0, 0.05) is 0 Å². The first-order valence-electron chi connectivity index (χ1n) is 3.94. The van der Waals surface area contributed by atoms with E-state index < -0.39 is 0 Å². The van der Waals surface area contributed by atoms with Gasteiger partial charge in [0.1, 0.15) is 0 Å². The zero-order valence-corrected chi connectivity index (χ0v) is 9.24. The van der Waals surface area contributed by atoms with Crippen molar-refractivity contribution in [3.05, 3.63) is 0 Å². The molecule has 0 aliphatic carbocycles. The van der Waals surface area contributed by atoms with Gasteiger partial charge in [-0.25, -0.2) is 0 Å². The summed E-state index contributed by atoms with van der Waals surface area (Å²) in [5.41, 5.74) is 0. The number of quaternary nitrogens is 1. The minimum atomic E-state index is 0. The summed E-state index contributed by atoms with van der Waals surface area (Å²) < 4.78 is 1.17. The number of halogens is 1. The molecular formula is C8H20BrN. The Morgan fingerprint density at radius 1 is 1.10 bits per heavy atom. The molecule has 0 aliphatic rings. The molecule has 0 fully saturated rings. The Labute approximate surface area is 75.8 Å². The van der Waals surface area contributed by atoms with Crippen molar-refractivity contribution >= 4 is 0 Å². The Balaban J connectivity index is 0. The Bertz CT molecular complexity index is 71.7. The molecule has 0 aromatic rings. The largest absolute Gasteiger partial charge is 1.00 e. The molecule has 0 spiro atoms. The highest BCUT2D eigenvalue weighted by atomic mass is 79.9. The van der Waals surface area contributed by atoms with Crippen LogP contribution >= 0.6 is 0 Å². The van der Waals surface area contributed by atoms with Crippen LogP contribution in [0.2, 0.25) is 0 Å². The first-order chi connectivity index (χ1) is 4.12. The molecule has 0 saturated carbocycles. The fourth-order valence-electron chi connectivity index (χ4n) is 0.744. The van der Waals surface area contributed by atoms with Crippen molar-refractivity contribution in [1.82, 2.24) is 0 Å². The molecule has 1 nitrogen and oxygen atoms in total. The average Bonchev–Trinajstić information content (AvgIpc) is 1.84. The topological polar surface area (TPSA) is 0 Å². The van der Waals surface area contributed by atoms with E-state index in [0.29, 0.717) is 0 Å². The molecule has 0 rings (SSSR count). The fourth-order valence-corrected chi connectivity index (χ4v) is 0.744. The Hall–Kier alpha value is 0.440. The summed E-state index contributed by atoms with van der Waals surface area (Å²) in [5, 5.41) is 0. The monoisotopic (exact) mass is 209 g/mol. The van der Waals surface area contributed by atoms with Gasteiger partial charge in [0.05, 0.1) is 27.2 Å². The second-order valence-electron chi connectivity index (χ2n) is 3.33. The first-order valence-corrected chi connectivity index (χ1v) is 3.94. The molecule has 64 valence electrons. The number of nitrogens with zero attached hydrogens (tertiary/aromatic N) is 1. The molecule has 2 heteroatoms. The van der Waals surface area contributed by atoms with Gasteiger partial charge < -0.3 is 21.5 Å². The van der Waals surface area contributed by atoms with Crippen LogP contribution in [0.4, 0.5) is 0 Å². The van der Waals surface area contributed by atoms with Crippen LogP contribution in [-0.2, 0) is 0 Å². The molecule has 0 N–H and O–H groups in total. The summed E-state index contributed by atoms with van der Waals surface area (Å²) in [6.45, 7) is 7.07. The lowest BCUT2D eigenvalue weighted by Crippen LogP contribution is -3.00. The van der Waals surface area contributed by atoms with E-state index in [1.165, 1.54) is 30.4 Å². The van der Waals surface area contributed by atoms with E-state index in [-0.39, 0.29) is 17.0 Å². The maximum Gasteiger partial charge on any atom is 0.0782 e. The molecule has 0 bridgehead atoms. The van der Waals surface area contributed by atoms with E-state index in [1.807, 2.05) is 0 Å². The van der Waals surface area contributed by atoms with Gasteiger partial charge in [-0.3, -0.25) is 0 Å². The van der Waals surface area contributed by atoms with Gasteiger partial charge in [-0.1, -0.05) is 13.3 Å². The second-order valence-corrected chi connectivity index (χ2v) is 3.33. The van der Waals surface area contributed by atoms with Gasteiger partial charge in [0.25, 0.3) is 0 Å².